The summed E-state index contributed by atoms with van der Waals surface area (Å²) in [6.07, 6.45) is 0. The van der Waals surface area contributed by atoms with E-state index in [1.54, 1.807) is 18.2 Å². The van der Waals surface area contributed by atoms with Crippen LogP contribution in [0.15, 0.2) is 27.9 Å². The van der Waals surface area contributed by atoms with E-state index in [0.29, 0.717) is 9.50 Å². The van der Waals surface area contributed by atoms with Crippen LogP contribution in [-0.2, 0) is 0 Å². The summed E-state index contributed by atoms with van der Waals surface area (Å²) in [5.74, 6) is -0.178. The molecular formula is C11H4BrClN4O. The molecule has 0 aliphatic heterocycles. The molecule has 0 atom stereocenters. The molecule has 0 saturated carbocycles. The molecule has 0 aromatic heterocycles. The number of anilines is 1. The molecule has 1 aromatic rings. The monoisotopic (exact) mass is 322 g/mol. The molecule has 18 heavy (non-hydrogen) atoms. The Morgan fingerprint density at radius 1 is 1.22 bits per heavy atom. The van der Waals surface area contributed by atoms with E-state index < -0.39 is 0 Å². The van der Waals surface area contributed by atoms with Crippen LogP contribution < -0.4 is 5.32 Å². The van der Waals surface area contributed by atoms with Crippen LogP contribution in [-0.4, -0.2) is 5.11 Å². The highest BCUT2D eigenvalue weighted by atomic mass is 79.9. The maximum absolute atomic E-state index is 9.73. The molecule has 2 N–H and O–H groups in total. The van der Waals surface area contributed by atoms with Gasteiger partial charge in [-0.25, -0.2) is 0 Å². The zero-order valence-corrected chi connectivity index (χ0v) is 11.0. The van der Waals surface area contributed by atoms with E-state index in [1.807, 2.05) is 0 Å². The third kappa shape index (κ3) is 2.93. The quantitative estimate of drug-likeness (QED) is 0.643. The first-order chi connectivity index (χ1) is 8.53. The Bertz CT molecular complexity index is 633. The van der Waals surface area contributed by atoms with Crippen molar-refractivity contribution in [2.45, 2.75) is 0 Å². The normalized spacial score (nSPS) is 8.61. The van der Waals surface area contributed by atoms with Crippen LogP contribution in [0.1, 0.15) is 0 Å². The van der Waals surface area contributed by atoms with Crippen LogP contribution in [0.25, 0.3) is 0 Å². The molecule has 7 heteroatoms. The number of aromatic hydroxyl groups is 1. The summed E-state index contributed by atoms with van der Waals surface area (Å²) in [7, 11) is 0. The number of allylic oxidation sites excluding steroid dienone is 2. The Morgan fingerprint density at radius 2 is 1.83 bits per heavy atom. The van der Waals surface area contributed by atoms with Gasteiger partial charge in [0, 0.05) is 5.02 Å². The van der Waals surface area contributed by atoms with Gasteiger partial charge in [-0.05, 0) is 28.1 Å². The van der Waals surface area contributed by atoms with Crippen molar-refractivity contribution < 1.29 is 5.11 Å². The number of nitrogens with zero attached hydrogens (tertiary/aromatic N) is 3. The van der Waals surface area contributed by atoms with Crippen LogP contribution in [0.4, 0.5) is 5.69 Å². The lowest BCUT2D eigenvalue weighted by Gasteiger charge is -2.09. The zero-order chi connectivity index (χ0) is 13.7. The minimum Gasteiger partial charge on any atom is -0.505 e. The Kier molecular flexibility index (Phi) is 4.57. The second kappa shape index (κ2) is 5.93. The van der Waals surface area contributed by atoms with Crippen LogP contribution in [0.2, 0.25) is 5.02 Å². The summed E-state index contributed by atoms with van der Waals surface area (Å²) in [5.41, 5.74) is -0.522. The van der Waals surface area contributed by atoms with Crippen molar-refractivity contribution >= 4 is 33.2 Å². The Labute approximate surface area is 116 Å². The molecule has 0 aliphatic rings. The average Bonchev–Trinajstić information content (AvgIpc) is 2.35. The van der Waals surface area contributed by atoms with E-state index in [9.17, 15) is 5.11 Å². The van der Waals surface area contributed by atoms with E-state index in [4.69, 9.17) is 27.4 Å². The van der Waals surface area contributed by atoms with Gasteiger partial charge in [-0.3, -0.25) is 0 Å². The number of benzene rings is 1. The fourth-order valence-electron chi connectivity index (χ4n) is 1.08. The summed E-state index contributed by atoms with van der Waals surface area (Å²) in [6, 6.07) is 7.66. The molecule has 0 radical (unpaired) electrons. The second-order valence-corrected chi connectivity index (χ2v) is 4.28. The van der Waals surface area contributed by atoms with Gasteiger partial charge in [0.05, 0.1) is 10.2 Å². The largest absolute Gasteiger partial charge is 0.505 e. The third-order valence-corrected chi connectivity index (χ3v) is 2.70. The number of nitriles is 3. The van der Waals surface area contributed by atoms with E-state index in [0.717, 1.165) is 0 Å². The lowest BCUT2D eigenvalue weighted by Crippen LogP contribution is -2.01. The zero-order valence-electron chi connectivity index (χ0n) is 8.70. The smallest absolute Gasteiger partial charge is 0.163 e. The highest BCUT2D eigenvalue weighted by Gasteiger charge is 2.12. The average molecular weight is 324 g/mol. The van der Waals surface area contributed by atoms with Crippen molar-refractivity contribution in [1.29, 1.82) is 15.8 Å². The highest BCUT2D eigenvalue weighted by Crippen LogP contribution is 2.36. The Morgan fingerprint density at radius 3 is 2.33 bits per heavy atom. The molecule has 0 saturated heterocycles. The molecule has 0 unspecified atom stereocenters. The van der Waals surface area contributed by atoms with Crippen LogP contribution in [0.3, 0.4) is 0 Å². The molecule has 1 aromatic carbocycles. The summed E-state index contributed by atoms with van der Waals surface area (Å²) in [6.45, 7) is 0. The second-order valence-electron chi connectivity index (χ2n) is 2.99. The van der Waals surface area contributed by atoms with Crippen LogP contribution in [0.5, 0.6) is 5.75 Å². The third-order valence-electron chi connectivity index (χ3n) is 1.87. The first kappa shape index (κ1) is 13.9. The standard InChI is InChI=1S/C11H4BrClN4O/c12-8-1-7(13)2-9(11(8)18)17-10(5-16)6(3-14)4-15/h1-2,17-18H. The molecule has 0 bridgehead atoms. The topological polar surface area (TPSA) is 104 Å². The minimum absolute atomic E-state index is 0.119. The van der Waals surface area contributed by atoms with Crippen molar-refractivity contribution in [3.8, 4) is 24.0 Å². The van der Waals surface area contributed by atoms with Gasteiger partial charge in [-0.1, -0.05) is 11.6 Å². The predicted molar refractivity (Wildman–Crippen MR) is 68.3 cm³/mol. The molecule has 0 fully saturated rings. The number of rotatable bonds is 2. The molecule has 0 spiro atoms. The summed E-state index contributed by atoms with van der Waals surface area (Å²) in [4.78, 5) is 0. The number of phenolic OH excluding ortho intramolecular Hbond substituents is 1. The maximum Gasteiger partial charge on any atom is 0.163 e. The summed E-state index contributed by atoms with van der Waals surface area (Å²) in [5, 5.41) is 38.7. The van der Waals surface area contributed by atoms with E-state index >= 15 is 0 Å². The Balaban J connectivity index is 3.30. The molecule has 0 heterocycles. The Hall–Kier alpha value is -2.20. The van der Waals surface area contributed by atoms with E-state index in [1.165, 1.54) is 12.1 Å². The van der Waals surface area contributed by atoms with Crippen LogP contribution in [0, 0.1) is 34.0 Å². The first-order valence-corrected chi connectivity index (χ1v) is 5.60. The van der Waals surface area contributed by atoms with Crippen LogP contribution >= 0.6 is 27.5 Å². The fourth-order valence-corrected chi connectivity index (χ4v) is 1.89. The minimum atomic E-state index is -0.381. The fraction of sp³-hybridized carbons (Fsp3) is 0. The van der Waals surface area contributed by atoms with Crippen molar-refractivity contribution in [1.82, 2.24) is 0 Å². The van der Waals surface area contributed by atoms with Gasteiger partial charge in [0.15, 0.2) is 11.3 Å². The molecule has 0 amide bonds. The van der Waals surface area contributed by atoms with E-state index in [-0.39, 0.29) is 22.7 Å². The van der Waals surface area contributed by atoms with Gasteiger partial charge in [0.25, 0.3) is 0 Å². The van der Waals surface area contributed by atoms with Gasteiger partial charge in [-0.2, -0.15) is 15.8 Å². The van der Waals surface area contributed by atoms with E-state index in [2.05, 4.69) is 21.2 Å². The number of hydrogen-bond acceptors (Lipinski definition) is 5. The predicted octanol–water partition coefficient (Wildman–Crippen LogP) is 3.04. The molecule has 88 valence electrons. The van der Waals surface area contributed by atoms with Gasteiger partial charge in [-0.15, -0.1) is 0 Å². The number of halogens is 2. The highest BCUT2D eigenvalue weighted by molar-refractivity contribution is 9.10. The van der Waals surface area contributed by atoms with Gasteiger partial charge in [0.1, 0.15) is 23.9 Å². The van der Waals surface area contributed by atoms with Gasteiger partial charge >= 0.3 is 0 Å². The molecular weight excluding hydrogens is 320 g/mol. The molecule has 5 nitrogen and oxygen atoms in total. The first-order valence-electron chi connectivity index (χ1n) is 4.43. The van der Waals surface area contributed by atoms with Crippen molar-refractivity contribution in [3.05, 3.63) is 32.9 Å². The maximum atomic E-state index is 9.73. The molecule has 0 aliphatic carbocycles. The lowest BCUT2D eigenvalue weighted by molar-refractivity contribution is 0.474. The number of phenols is 1. The lowest BCUT2D eigenvalue weighted by atomic mass is 10.2. The summed E-state index contributed by atoms with van der Waals surface area (Å²) < 4.78 is 0.324. The van der Waals surface area contributed by atoms with Crippen molar-refractivity contribution in [2.24, 2.45) is 0 Å². The number of hydrogen-bond donors (Lipinski definition) is 2. The number of nitrogens with one attached hydrogen (secondary N) is 1. The summed E-state index contributed by atoms with van der Waals surface area (Å²) >= 11 is 8.86. The SMILES string of the molecule is N#CC(C#N)=C(C#N)Nc1cc(Cl)cc(Br)c1O. The van der Waals surface area contributed by atoms with Gasteiger partial charge < -0.3 is 10.4 Å². The van der Waals surface area contributed by atoms with Crippen molar-refractivity contribution in [2.75, 3.05) is 5.32 Å². The molecule has 1 rings (SSSR count). The van der Waals surface area contributed by atoms with Crippen molar-refractivity contribution in [3.63, 3.8) is 0 Å². The van der Waals surface area contributed by atoms with Gasteiger partial charge in [0.2, 0.25) is 0 Å².